The monoisotopic (exact) mass is 215 g/mol. The van der Waals surface area contributed by atoms with E-state index in [0.717, 1.165) is 0 Å². The second-order valence-electron chi connectivity index (χ2n) is 4.24. The molecule has 0 aromatic heterocycles. The molecule has 0 saturated carbocycles. The molecule has 3 N–H and O–H groups in total. The molecule has 0 spiro atoms. The molecule has 2 rings (SSSR count). The van der Waals surface area contributed by atoms with Gasteiger partial charge in [0.1, 0.15) is 24.6 Å². The first kappa shape index (κ1) is 10.9. The Hall–Kier alpha value is -0.620. The molecule has 15 heavy (non-hydrogen) atoms. The third-order valence-electron chi connectivity index (χ3n) is 2.51. The molecule has 0 bridgehead atoms. The van der Waals surface area contributed by atoms with E-state index in [2.05, 4.69) is 0 Å². The number of hydrogen-bond donors (Lipinski definition) is 2. The molecule has 0 aromatic carbocycles. The largest absolute Gasteiger partial charge is 0.493 e. The zero-order chi connectivity index (χ0) is 11.1. The van der Waals surface area contributed by atoms with Gasteiger partial charge in [0.25, 0.3) is 0 Å². The normalized spacial score (nSPS) is 37.6. The van der Waals surface area contributed by atoms with E-state index in [0.29, 0.717) is 5.76 Å². The lowest BCUT2D eigenvalue weighted by molar-refractivity contribution is -0.149. The summed E-state index contributed by atoms with van der Waals surface area (Å²) < 4.78 is 16.7. The van der Waals surface area contributed by atoms with Crippen molar-refractivity contribution in [3.63, 3.8) is 0 Å². The standard InChI is InChI=1S/C10H17NO4/c1-10(2)14-8-6(11)5-7(9(8)15-10)13-4-3-12/h5-6,8-9,12H,3-4,11H2,1-2H3/t6-,8+,9-/m0/s1. The fourth-order valence-corrected chi connectivity index (χ4v) is 1.96. The summed E-state index contributed by atoms with van der Waals surface area (Å²) in [5.41, 5.74) is 5.88. The van der Waals surface area contributed by atoms with Crippen LogP contribution in [0.25, 0.3) is 0 Å². The molecule has 2 aliphatic rings. The minimum atomic E-state index is -0.616. The molecule has 0 radical (unpaired) electrons. The van der Waals surface area contributed by atoms with Crippen molar-refractivity contribution in [1.82, 2.24) is 0 Å². The van der Waals surface area contributed by atoms with Gasteiger partial charge in [-0.25, -0.2) is 0 Å². The van der Waals surface area contributed by atoms with Crippen molar-refractivity contribution in [2.75, 3.05) is 13.2 Å². The van der Waals surface area contributed by atoms with Gasteiger partial charge in [0.2, 0.25) is 0 Å². The van der Waals surface area contributed by atoms with Crippen molar-refractivity contribution in [2.24, 2.45) is 5.73 Å². The zero-order valence-electron chi connectivity index (χ0n) is 8.97. The number of hydrogen-bond acceptors (Lipinski definition) is 5. The Morgan fingerprint density at radius 2 is 2.27 bits per heavy atom. The van der Waals surface area contributed by atoms with E-state index in [-0.39, 0.29) is 31.5 Å². The number of nitrogens with two attached hydrogens (primary N) is 1. The van der Waals surface area contributed by atoms with Crippen molar-refractivity contribution in [3.8, 4) is 0 Å². The summed E-state index contributed by atoms with van der Waals surface area (Å²) >= 11 is 0. The predicted molar refractivity (Wildman–Crippen MR) is 52.9 cm³/mol. The first-order valence-corrected chi connectivity index (χ1v) is 5.10. The lowest BCUT2D eigenvalue weighted by Crippen LogP contribution is -2.35. The van der Waals surface area contributed by atoms with E-state index >= 15 is 0 Å². The van der Waals surface area contributed by atoms with Gasteiger partial charge in [0.05, 0.1) is 12.6 Å². The van der Waals surface area contributed by atoms with Crippen LogP contribution in [0.2, 0.25) is 0 Å². The molecular weight excluding hydrogens is 198 g/mol. The number of ether oxygens (including phenoxy) is 3. The molecule has 1 saturated heterocycles. The Kier molecular flexibility index (Phi) is 2.72. The van der Waals surface area contributed by atoms with Crippen LogP contribution in [-0.4, -0.2) is 42.4 Å². The maximum atomic E-state index is 8.68. The zero-order valence-corrected chi connectivity index (χ0v) is 8.97. The highest BCUT2D eigenvalue weighted by Gasteiger charge is 2.49. The Balaban J connectivity index is 2.05. The van der Waals surface area contributed by atoms with Crippen LogP contribution in [0.15, 0.2) is 11.8 Å². The van der Waals surface area contributed by atoms with Gasteiger partial charge in [-0.15, -0.1) is 0 Å². The van der Waals surface area contributed by atoms with Gasteiger partial charge in [0.15, 0.2) is 5.79 Å². The van der Waals surface area contributed by atoms with E-state index in [1.807, 2.05) is 13.8 Å². The van der Waals surface area contributed by atoms with Gasteiger partial charge >= 0.3 is 0 Å². The Morgan fingerprint density at radius 1 is 1.53 bits per heavy atom. The number of aliphatic hydroxyl groups excluding tert-OH is 1. The minimum absolute atomic E-state index is 0.0196. The average Bonchev–Trinajstić information content (AvgIpc) is 2.60. The molecule has 1 fully saturated rings. The smallest absolute Gasteiger partial charge is 0.164 e. The molecule has 1 aliphatic heterocycles. The van der Waals surface area contributed by atoms with Crippen LogP contribution >= 0.6 is 0 Å². The summed E-state index contributed by atoms with van der Waals surface area (Å²) in [6.45, 7) is 3.93. The number of fused-ring (bicyclic) bond motifs is 1. The van der Waals surface area contributed by atoms with Crippen LogP contribution in [0, 0.1) is 0 Å². The fraction of sp³-hybridized carbons (Fsp3) is 0.800. The maximum Gasteiger partial charge on any atom is 0.164 e. The fourth-order valence-electron chi connectivity index (χ4n) is 1.96. The second-order valence-corrected chi connectivity index (χ2v) is 4.24. The molecule has 3 atom stereocenters. The molecule has 86 valence electrons. The summed E-state index contributed by atoms with van der Waals surface area (Å²) in [5.74, 6) is 0.0572. The van der Waals surface area contributed by atoms with E-state index in [9.17, 15) is 0 Å². The molecule has 1 heterocycles. The Labute approximate surface area is 88.8 Å². The molecule has 1 aliphatic carbocycles. The Bertz CT molecular complexity index is 277. The topological polar surface area (TPSA) is 73.9 Å². The van der Waals surface area contributed by atoms with Gasteiger partial charge in [-0.1, -0.05) is 0 Å². The van der Waals surface area contributed by atoms with Crippen molar-refractivity contribution in [2.45, 2.75) is 37.9 Å². The summed E-state index contributed by atoms with van der Waals surface area (Å²) in [4.78, 5) is 0. The van der Waals surface area contributed by atoms with E-state index in [4.69, 9.17) is 25.1 Å². The highest BCUT2D eigenvalue weighted by atomic mass is 16.8. The highest BCUT2D eigenvalue weighted by molar-refractivity contribution is 5.21. The third-order valence-corrected chi connectivity index (χ3v) is 2.51. The van der Waals surface area contributed by atoms with Crippen molar-refractivity contribution in [1.29, 1.82) is 0 Å². The van der Waals surface area contributed by atoms with Crippen LogP contribution < -0.4 is 5.73 Å². The molecule has 0 amide bonds. The Morgan fingerprint density at radius 3 is 2.93 bits per heavy atom. The average molecular weight is 215 g/mol. The van der Waals surface area contributed by atoms with Crippen LogP contribution in [0.1, 0.15) is 13.8 Å². The van der Waals surface area contributed by atoms with E-state index < -0.39 is 5.79 Å². The molecular formula is C10H17NO4. The highest BCUT2D eigenvalue weighted by Crippen LogP contribution is 2.37. The quantitative estimate of drug-likeness (QED) is 0.678. The summed E-state index contributed by atoms with van der Waals surface area (Å²) in [6.07, 6.45) is 1.38. The van der Waals surface area contributed by atoms with E-state index in [1.165, 1.54) is 0 Å². The molecule has 5 nitrogen and oxygen atoms in total. The van der Waals surface area contributed by atoms with Gasteiger partial charge < -0.3 is 25.1 Å². The summed E-state index contributed by atoms with van der Waals surface area (Å²) in [6, 6.07) is -0.203. The van der Waals surface area contributed by atoms with Crippen LogP contribution in [0.5, 0.6) is 0 Å². The first-order chi connectivity index (χ1) is 7.03. The van der Waals surface area contributed by atoms with E-state index in [1.54, 1.807) is 6.08 Å². The van der Waals surface area contributed by atoms with Gasteiger partial charge in [-0.05, 0) is 19.9 Å². The lowest BCUT2D eigenvalue weighted by atomic mass is 10.2. The van der Waals surface area contributed by atoms with Crippen molar-refractivity contribution < 1.29 is 19.3 Å². The van der Waals surface area contributed by atoms with Gasteiger partial charge in [-0.3, -0.25) is 0 Å². The van der Waals surface area contributed by atoms with Gasteiger partial charge in [0, 0.05) is 0 Å². The molecule has 0 aromatic rings. The maximum absolute atomic E-state index is 8.68. The van der Waals surface area contributed by atoms with Crippen LogP contribution in [0.4, 0.5) is 0 Å². The molecule has 5 heteroatoms. The van der Waals surface area contributed by atoms with Crippen molar-refractivity contribution >= 4 is 0 Å². The second kappa shape index (κ2) is 3.75. The number of rotatable bonds is 3. The van der Waals surface area contributed by atoms with Crippen LogP contribution in [-0.2, 0) is 14.2 Å². The van der Waals surface area contributed by atoms with Crippen LogP contribution in [0.3, 0.4) is 0 Å². The summed E-state index contributed by atoms with van der Waals surface area (Å²) in [5, 5.41) is 8.68. The first-order valence-electron chi connectivity index (χ1n) is 5.10. The third kappa shape index (κ3) is 2.01. The SMILES string of the molecule is CC1(C)O[C@@H]2[C@@H](N)C=C(OCCO)[C@@H]2O1. The summed E-state index contributed by atoms with van der Waals surface area (Å²) in [7, 11) is 0. The molecule has 0 unspecified atom stereocenters. The van der Waals surface area contributed by atoms with Gasteiger partial charge in [-0.2, -0.15) is 0 Å². The predicted octanol–water partition coefficient (Wildman–Crippen LogP) is -0.260. The number of aliphatic hydroxyl groups is 1. The van der Waals surface area contributed by atoms with Crippen molar-refractivity contribution in [3.05, 3.63) is 11.8 Å². The minimum Gasteiger partial charge on any atom is -0.493 e. The lowest BCUT2D eigenvalue weighted by Gasteiger charge is -2.19.